The molecule has 1 aliphatic rings. The van der Waals surface area contributed by atoms with Gasteiger partial charge in [-0.05, 0) is 26.0 Å². The molecule has 1 heterocycles. The van der Waals surface area contributed by atoms with Crippen molar-refractivity contribution in [1.82, 2.24) is 5.32 Å². The molecule has 18 heavy (non-hydrogen) atoms. The lowest BCUT2D eigenvalue weighted by atomic mass is 10.1. The zero-order chi connectivity index (χ0) is 13.3. The molecule has 0 bridgehead atoms. The zero-order valence-corrected chi connectivity index (χ0v) is 10.6. The minimum Gasteiger partial charge on any atom is -0.393 e. The van der Waals surface area contributed by atoms with Crippen LogP contribution in [0.1, 0.15) is 13.8 Å². The van der Waals surface area contributed by atoms with E-state index in [1.807, 2.05) is 0 Å². The zero-order valence-electron chi connectivity index (χ0n) is 10.6. The van der Waals surface area contributed by atoms with Crippen molar-refractivity contribution in [3.8, 4) is 0 Å². The molecule has 3 N–H and O–H groups in total. The summed E-state index contributed by atoms with van der Waals surface area (Å²) in [5, 5.41) is 14.2. The van der Waals surface area contributed by atoms with Crippen LogP contribution in [0.2, 0.25) is 0 Å². The summed E-state index contributed by atoms with van der Waals surface area (Å²) in [4.78, 5) is 12.5. The highest BCUT2D eigenvalue weighted by Crippen LogP contribution is 2.27. The van der Waals surface area contributed by atoms with Gasteiger partial charge in [0.2, 0.25) is 0 Å². The van der Waals surface area contributed by atoms with Crippen molar-refractivity contribution < 1.29 is 4.92 Å². The van der Waals surface area contributed by atoms with E-state index in [0.29, 0.717) is 12.1 Å². The number of rotatable bonds is 2. The minimum absolute atomic E-state index is 0.0324. The number of nitrogens with two attached hydrogens (primary N) is 1. The predicted molar refractivity (Wildman–Crippen MR) is 71.8 cm³/mol. The van der Waals surface area contributed by atoms with E-state index >= 15 is 0 Å². The van der Waals surface area contributed by atoms with Crippen molar-refractivity contribution in [1.29, 1.82) is 0 Å². The van der Waals surface area contributed by atoms with Gasteiger partial charge < -0.3 is 16.0 Å². The van der Waals surface area contributed by atoms with Crippen LogP contribution in [0.3, 0.4) is 0 Å². The molecule has 98 valence electrons. The van der Waals surface area contributed by atoms with E-state index in [9.17, 15) is 10.1 Å². The molecule has 0 amide bonds. The number of nitro benzene ring substituents is 1. The smallest absolute Gasteiger partial charge is 0.292 e. The second kappa shape index (κ2) is 4.81. The number of hydrogen-bond acceptors (Lipinski definition) is 5. The molecule has 1 aliphatic heterocycles. The molecular formula is C12H18N4O2. The van der Waals surface area contributed by atoms with Gasteiger partial charge in [0.25, 0.3) is 5.69 Å². The van der Waals surface area contributed by atoms with Crippen LogP contribution in [-0.4, -0.2) is 30.1 Å². The molecule has 0 aliphatic carbocycles. The molecule has 1 saturated heterocycles. The van der Waals surface area contributed by atoms with E-state index in [2.05, 4.69) is 24.1 Å². The maximum Gasteiger partial charge on any atom is 0.292 e. The minimum atomic E-state index is -0.456. The van der Waals surface area contributed by atoms with Gasteiger partial charge in [0.15, 0.2) is 0 Å². The topological polar surface area (TPSA) is 84.4 Å². The van der Waals surface area contributed by atoms with E-state index in [0.717, 1.165) is 18.8 Å². The Labute approximate surface area is 106 Å². The summed E-state index contributed by atoms with van der Waals surface area (Å²) in [5.74, 6) is 0. The molecule has 0 aromatic heterocycles. The maximum atomic E-state index is 10.7. The molecule has 2 rings (SSSR count). The van der Waals surface area contributed by atoms with Gasteiger partial charge in [0, 0.05) is 36.9 Å². The Morgan fingerprint density at radius 3 is 2.50 bits per heavy atom. The van der Waals surface area contributed by atoms with Crippen LogP contribution in [0.4, 0.5) is 17.1 Å². The van der Waals surface area contributed by atoms with Gasteiger partial charge in [-0.3, -0.25) is 10.1 Å². The summed E-state index contributed by atoms with van der Waals surface area (Å²) < 4.78 is 0. The first-order chi connectivity index (χ1) is 8.47. The van der Waals surface area contributed by atoms with Crippen LogP contribution >= 0.6 is 0 Å². The molecule has 1 aromatic rings. The standard InChI is InChI=1S/C12H18N4O2/c1-8-6-15(7-9(2)14-8)10-3-4-12(16(17)18)11(13)5-10/h3-5,8-9,14H,6-7,13H2,1-2H3. The molecule has 1 aromatic carbocycles. The van der Waals surface area contributed by atoms with Crippen LogP contribution in [0.5, 0.6) is 0 Å². The van der Waals surface area contributed by atoms with Gasteiger partial charge in [-0.1, -0.05) is 0 Å². The summed E-state index contributed by atoms with van der Waals surface area (Å²) in [6.45, 7) is 6.00. The summed E-state index contributed by atoms with van der Waals surface area (Å²) >= 11 is 0. The second-order valence-electron chi connectivity index (χ2n) is 4.87. The fourth-order valence-electron chi connectivity index (χ4n) is 2.44. The number of nitro groups is 1. The first-order valence-electron chi connectivity index (χ1n) is 6.02. The molecule has 0 radical (unpaired) electrons. The van der Waals surface area contributed by atoms with Crippen LogP contribution in [0, 0.1) is 10.1 Å². The Kier molecular flexibility index (Phi) is 3.38. The third-order valence-electron chi connectivity index (χ3n) is 3.13. The van der Waals surface area contributed by atoms with Gasteiger partial charge in [-0.2, -0.15) is 0 Å². The van der Waals surface area contributed by atoms with Crippen molar-refractivity contribution >= 4 is 17.1 Å². The van der Waals surface area contributed by atoms with Crippen molar-refractivity contribution in [2.24, 2.45) is 0 Å². The fourth-order valence-corrected chi connectivity index (χ4v) is 2.44. The molecule has 6 nitrogen and oxygen atoms in total. The monoisotopic (exact) mass is 250 g/mol. The Morgan fingerprint density at radius 2 is 2.00 bits per heavy atom. The first-order valence-corrected chi connectivity index (χ1v) is 6.02. The summed E-state index contributed by atoms with van der Waals surface area (Å²) in [6.07, 6.45) is 0. The SMILES string of the molecule is CC1CN(c2ccc([N+](=O)[O-])c(N)c2)CC(C)N1. The van der Waals surface area contributed by atoms with E-state index in [-0.39, 0.29) is 11.4 Å². The van der Waals surface area contributed by atoms with E-state index < -0.39 is 4.92 Å². The lowest BCUT2D eigenvalue weighted by molar-refractivity contribution is -0.383. The van der Waals surface area contributed by atoms with Gasteiger partial charge in [0.05, 0.1) is 4.92 Å². The average molecular weight is 250 g/mol. The molecular weight excluding hydrogens is 232 g/mol. The third kappa shape index (κ3) is 2.53. The quantitative estimate of drug-likeness (QED) is 0.470. The fraction of sp³-hybridized carbons (Fsp3) is 0.500. The molecule has 1 fully saturated rings. The number of benzene rings is 1. The third-order valence-corrected chi connectivity index (χ3v) is 3.13. The summed E-state index contributed by atoms with van der Waals surface area (Å²) in [5.41, 5.74) is 6.84. The maximum absolute atomic E-state index is 10.7. The summed E-state index contributed by atoms with van der Waals surface area (Å²) in [6, 6.07) is 5.71. The number of hydrogen-bond donors (Lipinski definition) is 2. The van der Waals surface area contributed by atoms with Crippen LogP contribution in [0.15, 0.2) is 18.2 Å². The van der Waals surface area contributed by atoms with Crippen LogP contribution in [-0.2, 0) is 0 Å². The number of anilines is 2. The predicted octanol–water partition coefficient (Wildman–Crippen LogP) is 1.36. The highest BCUT2D eigenvalue weighted by molar-refractivity contribution is 5.66. The normalized spacial score (nSPS) is 24.0. The number of nitrogens with one attached hydrogen (secondary N) is 1. The molecule has 6 heteroatoms. The van der Waals surface area contributed by atoms with Gasteiger partial charge in [-0.15, -0.1) is 0 Å². The number of nitrogen functional groups attached to an aromatic ring is 1. The van der Waals surface area contributed by atoms with E-state index in [1.54, 1.807) is 12.1 Å². The van der Waals surface area contributed by atoms with E-state index in [4.69, 9.17) is 5.73 Å². The Hall–Kier alpha value is -1.82. The van der Waals surface area contributed by atoms with Gasteiger partial charge >= 0.3 is 0 Å². The second-order valence-corrected chi connectivity index (χ2v) is 4.87. The van der Waals surface area contributed by atoms with Crippen molar-refractivity contribution in [2.75, 3.05) is 23.7 Å². The first kappa shape index (κ1) is 12.6. The van der Waals surface area contributed by atoms with Gasteiger partial charge in [0.1, 0.15) is 5.69 Å². The van der Waals surface area contributed by atoms with Crippen molar-refractivity contribution in [2.45, 2.75) is 25.9 Å². The van der Waals surface area contributed by atoms with Crippen LogP contribution < -0.4 is 16.0 Å². The van der Waals surface area contributed by atoms with Crippen LogP contribution in [0.25, 0.3) is 0 Å². The number of nitrogens with zero attached hydrogens (tertiary/aromatic N) is 2. The van der Waals surface area contributed by atoms with Crippen molar-refractivity contribution in [3.05, 3.63) is 28.3 Å². The molecule has 0 saturated carbocycles. The molecule has 2 atom stereocenters. The Morgan fingerprint density at radius 1 is 1.39 bits per heavy atom. The summed E-state index contributed by atoms with van der Waals surface area (Å²) in [7, 11) is 0. The number of piperazine rings is 1. The average Bonchev–Trinajstić information content (AvgIpc) is 2.26. The highest BCUT2D eigenvalue weighted by atomic mass is 16.6. The Bertz CT molecular complexity index is 453. The van der Waals surface area contributed by atoms with Crippen molar-refractivity contribution in [3.63, 3.8) is 0 Å². The largest absolute Gasteiger partial charge is 0.393 e. The lowest BCUT2D eigenvalue weighted by Gasteiger charge is -2.37. The van der Waals surface area contributed by atoms with Gasteiger partial charge in [-0.25, -0.2) is 0 Å². The van der Waals surface area contributed by atoms with E-state index in [1.165, 1.54) is 6.07 Å². The highest BCUT2D eigenvalue weighted by Gasteiger charge is 2.22. The molecule has 0 spiro atoms. The lowest BCUT2D eigenvalue weighted by Crippen LogP contribution is -2.54. The Balaban J connectivity index is 2.23. The molecule has 2 unspecified atom stereocenters.